The first-order chi connectivity index (χ1) is 14.0. The first-order valence-corrected chi connectivity index (χ1v) is 9.20. The molecule has 0 spiro atoms. The van der Waals surface area contributed by atoms with Crippen LogP contribution in [0.25, 0.3) is 0 Å². The van der Waals surface area contributed by atoms with Gasteiger partial charge >= 0.3 is 5.82 Å². The maximum atomic E-state index is 10.7. The summed E-state index contributed by atoms with van der Waals surface area (Å²) in [7, 11) is 4.01. The molecule has 0 aliphatic rings. The van der Waals surface area contributed by atoms with Crippen LogP contribution in [0.4, 0.5) is 11.4 Å². The molecule has 148 valence electrons. The number of benzene rings is 2. The van der Waals surface area contributed by atoms with E-state index >= 15 is 0 Å². The number of aromatic nitrogens is 2. The SMILES string of the molecule is CCc1n(/N=C/c2ccc(N(C)C)cc2)cc[n+]1/N=C/c1ccc([N+](=O)[O-])cc1. The van der Waals surface area contributed by atoms with Crippen molar-refractivity contribution in [1.29, 1.82) is 0 Å². The minimum absolute atomic E-state index is 0.0585. The van der Waals surface area contributed by atoms with Gasteiger partial charge in [-0.05, 0) is 35.4 Å². The Labute approximate surface area is 169 Å². The van der Waals surface area contributed by atoms with Crippen molar-refractivity contribution in [3.8, 4) is 0 Å². The van der Waals surface area contributed by atoms with Crippen molar-refractivity contribution < 1.29 is 9.60 Å². The number of nitro benzene ring substituents is 1. The minimum atomic E-state index is -0.420. The summed E-state index contributed by atoms with van der Waals surface area (Å²) in [5, 5.41) is 19.7. The average molecular weight is 391 g/mol. The maximum Gasteiger partial charge on any atom is 0.307 e. The molecule has 0 unspecified atom stereocenters. The largest absolute Gasteiger partial charge is 0.378 e. The zero-order valence-electron chi connectivity index (χ0n) is 16.6. The first kappa shape index (κ1) is 19.9. The molecule has 0 saturated carbocycles. The van der Waals surface area contributed by atoms with Crippen molar-refractivity contribution in [1.82, 2.24) is 4.68 Å². The van der Waals surface area contributed by atoms with Gasteiger partial charge in [0.05, 0.1) is 23.8 Å². The Morgan fingerprint density at radius 2 is 1.69 bits per heavy atom. The molecule has 0 amide bonds. The van der Waals surface area contributed by atoms with Crippen LogP contribution in [0.1, 0.15) is 23.9 Å². The zero-order chi connectivity index (χ0) is 20.8. The van der Waals surface area contributed by atoms with Gasteiger partial charge in [-0.1, -0.05) is 29.3 Å². The van der Waals surface area contributed by atoms with E-state index in [-0.39, 0.29) is 5.69 Å². The van der Waals surface area contributed by atoms with Crippen molar-refractivity contribution in [2.75, 3.05) is 19.0 Å². The normalized spacial score (nSPS) is 11.4. The fraction of sp³-hybridized carbons (Fsp3) is 0.190. The lowest BCUT2D eigenvalue weighted by Crippen LogP contribution is -2.31. The molecule has 2 aromatic carbocycles. The summed E-state index contributed by atoms with van der Waals surface area (Å²) in [5.74, 6) is 0.907. The number of imidazole rings is 1. The predicted octanol–water partition coefficient (Wildman–Crippen LogP) is 3.08. The van der Waals surface area contributed by atoms with Gasteiger partial charge in [-0.3, -0.25) is 10.1 Å². The molecule has 0 radical (unpaired) electrons. The van der Waals surface area contributed by atoms with Crippen molar-refractivity contribution in [3.05, 3.63) is 88.0 Å². The predicted molar refractivity (Wildman–Crippen MR) is 114 cm³/mol. The van der Waals surface area contributed by atoms with Crippen LogP contribution in [0.2, 0.25) is 0 Å². The molecule has 3 aromatic rings. The molecule has 1 aromatic heterocycles. The monoisotopic (exact) mass is 391 g/mol. The summed E-state index contributed by atoms with van der Waals surface area (Å²) in [6.07, 6.45) is 7.88. The van der Waals surface area contributed by atoms with E-state index in [1.807, 2.05) is 68.8 Å². The van der Waals surface area contributed by atoms with E-state index in [0.717, 1.165) is 29.1 Å². The summed E-state index contributed by atoms with van der Waals surface area (Å²) in [6.45, 7) is 2.03. The summed E-state index contributed by atoms with van der Waals surface area (Å²) >= 11 is 0. The molecule has 8 nitrogen and oxygen atoms in total. The molecule has 0 atom stereocenters. The van der Waals surface area contributed by atoms with Crippen molar-refractivity contribution in [2.24, 2.45) is 10.2 Å². The Balaban J connectivity index is 1.76. The molecule has 3 rings (SSSR count). The van der Waals surface area contributed by atoms with Crippen LogP contribution >= 0.6 is 0 Å². The van der Waals surface area contributed by atoms with Gasteiger partial charge < -0.3 is 4.90 Å². The van der Waals surface area contributed by atoms with E-state index in [0.29, 0.717) is 0 Å². The molecule has 0 saturated heterocycles. The van der Waals surface area contributed by atoms with E-state index in [1.54, 1.807) is 27.7 Å². The van der Waals surface area contributed by atoms with Gasteiger partial charge in [0.15, 0.2) is 12.4 Å². The lowest BCUT2D eigenvalue weighted by Gasteiger charge is -2.11. The first-order valence-electron chi connectivity index (χ1n) is 9.20. The Hall–Kier alpha value is -3.81. The van der Waals surface area contributed by atoms with E-state index in [2.05, 4.69) is 10.2 Å². The highest BCUT2D eigenvalue weighted by Gasteiger charge is 2.14. The fourth-order valence-electron chi connectivity index (χ4n) is 2.74. The summed E-state index contributed by atoms with van der Waals surface area (Å²) < 4.78 is 3.53. The van der Waals surface area contributed by atoms with Gasteiger partial charge in [0.25, 0.3) is 5.69 Å². The summed E-state index contributed by atoms with van der Waals surface area (Å²) in [4.78, 5) is 12.4. The highest BCUT2D eigenvalue weighted by atomic mass is 16.6. The summed E-state index contributed by atoms with van der Waals surface area (Å²) in [5.41, 5.74) is 2.98. The van der Waals surface area contributed by atoms with Crippen LogP contribution in [0.5, 0.6) is 0 Å². The van der Waals surface area contributed by atoms with E-state index < -0.39 is 4.92 Å². The number of hydrogen-bond acceptors (Lipinski definition) is 5. The van der Waals surface area contributed by atoms with Crippen LogP contribution in [-0.4, -0.2) is 36.1 Å². The second kappa shape index (κ2) is 8.92. The summed E-state index contributed by atoms with van der Waals surface area (Å²) in [6, 6.07) is 14.4. The van der Waals surface area contributed by atoms with Crippen LogP contribution in [0.3, 0.4) is 0 Å². The van der Waals surface area contributed by atoms with E-state index in [1.165, 1.54) is 12.1 Å². The van der Waals surface area contributed by atoms with Gasteiger partial charge in [0.2, 0.25) is 0 Å². The molecular formula is C21H23N6O2+. The molecule has 0 bridgehead atoms. The topological polar surface area (TPSA) is 79.9 Å². The van der Waals surface area contributed by atoms with Crippen molar-refractivity contribution in [3.63, 3.8) is 0 Å². The Morgan fingerprint density at radius 3 is 2.28 bits per heavy atom. The number of rotatable bonds is 7. The lowest BCUT2D eigenvalue weighted by molar-refractivity contribution is -0.685. The van der Waals surface area contributed by atoms with Gasteiger partial charge in [0.1, 0.15) is 0 Å². The number of non-ortho nitro benzene ring substituents is 1. The van der Waals surface area contributed by atoms with Gasteiger partial charge in [-0.15, -0.1) is 9.35 Å². The molecule has 0 N–H and O–H groups in total. The number of hydrogen-bond donors (Lipinski definition) is 0. The van der Waals surface area contributed by atoms with Crippen LogP contribution < -0.4 is 9.58 Å². The van der Waals surface area contributed by atoms with Crippen LogP contribution in [0.15, 0.2) is 71.1 Å². The molecule has 0 fully saturated rings. The van der Waals surface area contributed by atoms with Gasteiger partial charge in [-0.2, -0.15) is 0 Å². The molecule has 0 aliphatic carbocycles. The number of anilines is 1. The molecule has 1 heterocycles. The smallest absolute Gasteiger partial charge is 0.307 e. The Morgan fingerprint density at radius 1 is 1.07 bits per heavy atom. The molecular weight excluding hydrogens is 368 g/mol. The van der Waals surface area contributed by atoms with E-state index in [4.69, 9.17) is 0 Å². The van der Waals surface area contributed by atoms with E-state index in [9.17, 15) is 10.1 Å². The average Bonchev–Trinajstić information content (AvgIpc) is 3.13. The lowest BCUT2D eigenvalue weighted by atomic mass is 10.2. The number of nitro groups is 1. The van der Waals surface area contributed by atoms with Crippen molar-refractivity contribution >= 4 is 23.8 Å². The highest BCUT2D eigenvalue weighted by molar-refractivity contribution is 5.80. The second-order valence-electron chi connectivity index (χ2n) is 6.58. The van der Waals surface area contributed by atoms with Crippen LogP contribution in [0, 0.1) is 10.1 Å². The van der Waals surface area contributed by atoms with Crippen molar-refractivity contribution in [2.45, 2.75) is 13.3 Å². The molecule has 8 heteroatoms. The third kappa shape index (κ3) is 4.92. The molecule has 0 aliphatic heterocycles. The fourth-order valence-corrected chi connectivity index (χ4v) is 2.74. The van der Waals surface area contributed by atoms with Gasteiger partial charge in [-0.25, -0.2) is 0 Å². The Kier molecular flexibility index (Phi) is 6.13. The quantitative estimate of drug-likeness (QED) is 0.269. The standard InChI is InChI=1S/C21H23N6O2/c1-4-21-25(22-15-17-5-9-19(10-6-17)24(2)3)13-14-26(21)23-16-18-7-11-20(12-8-18)27(28)29/h5-16H,4H2,1-3H3/q+1/b22-15+,23-16+. The third-order valence-electron chi connectivity index (χ3n) is 4.37. The van der Waals surface area contributed by atoms with Crippen LogP contribution in [-0.2, 0) is 6.42 Å². The third-order valence-corrected chi connectivity index (χ3v) is 4.37. The Bertz CT molecular complexity index is 1030. The minimum Gasteiger partial charge on any atom is -0.378 e. The van der Waals surface area contributed by atoms with Gasteiger partial charge in [0, 0.05) is 31.9 Å². The maximum absolute atomic E-state index is 10.7. The second-order valence-corrected chi connectivity index (χ2v) is 6.58. The molecule has 29 heavy (non-hydrogen) atoms. The highest BCUT2D eigenvalue weighted by Crippen LogP contribution is 2.12. The number of nitrogens with zero attached hydrogens (tertiary/aromatic N) is 6. The zero-order valence-corrected chi connectivity index (χ0v) is 16.6.